The average molecular weight is 214 g/mol. The Bertz CT molecular complexity index is 389. The largest absolute Gasteiger partial charge is 0.0955 e. The molecule has 0 heteroatoms. The Morgan fingerprint density at radius 2 is 2.31 bits per heavy atom. The molecule has 1 spiro atoms. The van der Waals surface area contributed by atoms with Crippen LogP contribution >= 0.6 is 0 Å². The minimum absolute atomic E-state index is 0.737. The van der Waals surface area contributed by atoms with E-state index in [0.717, 1.165) is 29.1 Å². The molecule has 0 aromatic rings. The van der Waals surface area contributed by atoms with Crippen molar-refractivity contribution in [3.05, 3.63) is 23.8 Å². The first-order valence-corrected chi connectivity index (χ1v) is 7.09. The van der Waals surface area contributed by atoms with E-state index < -0.39 is 0 Å². The lowest BCUT2D eigenvalue weighted by molar-refractivity contribution is -0.241. The van der Waals surface area contributed by atoms with Crippen LogP contribution in [0.15, 0.2) is 23.8 Å². The summed E-state index contributed by atoms with van der Waals surface area (Å²) in [5.41, 5.74) is 3.86. The van der Waals surface area contributed by atoms with Crippen LogP contribution in [0.5, 0.6) is 0 Å². The molecule has 5 aliphatic carbocycles. The normalized spacial score (nSPS) is 53.8. The zero-order valence-corrected chi connectivity index (χ0v) is 10.3. The summed E-state index contributed by atoms with van der Waals surface area (Å²) in [6.45, 7) is 6.86. The molecule has 0 heterocycles. The second-order valence-electron chi connectivity index (χ2n) is 6.85. The minimum Gasteiger partial charge on any atom is -0.0955 e. The van der Waals surface area contributed by atoms with Crippen LogP contribution < -0.4 is 0 Å². The van der Waals surface area contributed by atoms with Gasteiger partial charge in [0.25, 0.3) is 0 Å². The molecule has 0 saturated heterocycles. The maximum atomic E-state index is 4.38. The molecule has 0 radical (unpaired) electrons. The smallest absolute Gasteiger partial charge is 0.0190 e. The Kier molecular flexibility index (Phi) is 1.68. The van der Waals surface area contributed by atoms with Crippen LogP contribution in [0.3, 0.4) is 0 Å². The van der Waals surface area contributed by atoms with Crippen molar-refractivity contribution in [1.82, 2.24) is 0 Å². The van der Waals surface area contributed by atoms with E-state index >= 15 is 0 Å². The predicted octanol–water partition coefficient (Wildman–Crippen LogP) is 4.34. The second-order valence-corrected chi connectivity index (χ2v) is 6.85. The van der Waals surface area contributed by atoms with Crippen molar-refractivity contribution in [1.29, 1.82) is 0 Å². The molecule has 5 unspecified atom stereocenters. The van der Waals surface area contributed by atoms with E-state index in [-0.39, 0.29) is 0 Å². The number of hydrogen-bond donors (Lipinski definition) is 0. The van der Waals surface area contributed by atoms with E-state index in [2.05, 4.69) is 19.6 Å². The predicted molar refractivity (Wildman–Crippen MR) is 67.0 cm³/mol. The van der Waals surface area contributed by atoms with Gasteiger partial charge in [0.1, 0.15) is 0 Å². The highest BCUT2D eigenvalue weighted by Gasteiger charge is 2.68. The monoisotopic (exact) mass is 214 g/mol. The van der Waals surface area contributed by atoms with Crippen LogP contribution in [0, 0.1) is 29.1 Å². The standard InChI is InChI=1S/C16H22/c1-10-8-16-9-11(2)15(16)13-7-6-12(10)4-3-5-14(13)16/h6,11,13-15H,1,3-5,7-9H2,2H3. The van der Waals surface area contributed by atoms with Gasteiger partial charge in [-0.2, -0.15) is 0 Å². The summed E-state index contributed by atoms with van der Waals surface area (Å²) in [6.07, 6.45) is 11.0. The maximum absolute atomic E-state index is 4.38. The summed E-state index contributed by atoms with van der Waals surface area (Å²) in [5, 5.41) is 0. The van der Waals surface area contributed by atoms with Gasteiger partial charge < -0.3 is 0 Å². The Labute approximate surface area is 98.8 Å². The van der Waals surface area contributed by atoms with E-state index in [4.69, 9.17) is 0 Å². The third kappa shape index (κ3) is 0.893. The molecule has 16 heavy (non-hydrogen) atoms. The first kappa shape index (κ1) is 9.50. The number of allylic oxidation sites excluding steroid dienone is 3. The summed E-state index contributed by atoms with van der Waals surface area (Å²) in [7, 11) is 0. The van der Waals surface area contributed by atoms with Crippen molar-refractivity contribution in [2.24, 2.45) is 29.1 Å². The fraction of sp³-hybridized carbons (Fsp3) is 0.750. The lowest BCUT2D eigenvalue weighted by Gasteiger charge is -2.74. The molecular formula is C16H22. The van der Waals surface area contributed by atoms with Gasteiger partial charge in [-0.1, -0.05) is 25.2 Å². The van der Waals surface area contributed by atoms with E-state index in [9.17, 15) is 0 Å². The third-order valence-corrected chi connectivity index (χ3v) is 6.29. The van der Waals surface area contributed by atoms with Gasteiger partial charge in [0, 0.05) is 0 Å². The Balaban J connectivity index is 1.80. The molecule has 86 valence electrons. The second kappa shape index (κ2) is 2.83. The average Bonchev–Trinajstić information content (AvgIpc) is 2.18. The SMILES string of the molecule is C=C1CC23CC(C)C2C2CC=C1CCCC23. The highest BCUT2D eigenvalue weighted by atomic mass is 14.7. The molecule has 0 nitrogen and oxygen atoms in total. The van der Waals surface area contributed by atoms with Crippen molar-refractivity contribution in [3.63, 3.8) is 0 Å². The fourth-order valence-electron chi connectivity index (χ4n) is 5.93. The van der Waals surface area contributed by atoms with Crippen LogP contribution in [-0.2, 0) is 0 Å². The summed E-state index contributed by atoms with van der Waals surface area (Å²) in [4.78, 5) is 0. The Morgan fingerprint density at radius 3 is 3.12 bits per heavy atom. The first-order chi connectivity index (χ1) is 7.72. The lowest BCUT2D eigenvalue weighted by Crippen LogP contribution is -2.67. The minimum atomic E-state index is 0.737. The summed E-state index contributed by atoms with van der Waals surface area (Å²) in [5.74, 6) is 4.17. The van der Waals surface area contributed by atoms with Crippen molar-refractivity contribution in [3.8, 4) is 0 Å². The van der Waals surface area contributed by atoms with Crippen LogP contribution in [-0.4, -0.2) is 0 Å². The van der Waals surface area contributed by atoms with Crippen LogP contribution in [0.4, 0.5) is 0 Å². The lowest BCUT2D eigenvalue weighted by atomic mass is 9.31. The van der Waals surface area contributed by atoms with Crippen molar-refractivity contribution in [2.75, 3.05) is 0 Å². The third-order valence-electron chi connectivity index (χ3n) is 6.29. The molecule has 5 atom stereocenters. The first-order valence-electron chi connectivity index (χ1n) is 7.09. The van der Waals surface area contributed by atoms with Gasteiger partial charge in [-0.05, 0) is 73.2 Å². The van der Waals surface area contributed by atoms with Crippen LogP contribution in [0.2, 0.25) is 0 Å². The van der Waals surface area contributed by atoms with Crippen LogP contribution in [0.1, 0.15) is 45.4 Å². The Hall–Kier alpha value is -0.520. The molecule has 0 aromatic carbocycles. The molecule has 0 amide bonds. The maximum Gasteiger partial charge on any atom is -0.0190 e. The summed E-state index contributed by atoms with van der Waals surface area (Å²) in [6, 6.07) is 0. The van der Waals surface area contributed by atoms with Gasteiger partial charge in [0.05, 0.1) is 0 Å². The number of rotatable bonds is 0. The van der Waals surface area contributed by atoms with Gasteiger partial charge in [0.2, 0.25) is 0 Å². The fourth-order valence-corrected chi connectivity index (χ4v) is 5.93. The van der Waals surface area contributed by atoms with E-state index in [1.54, 1.807) is 5.57 Å². The van der Waals surface area contributed by atoms with Crippen molar-refractivity contribution < 1.29 is 0 Å². The quantitative estimate of drug-likeness (QED) is 0.563. The van der Waals surface area contributed by atoms with Gasteiger partial charge in [-0.25, -0.2) is 0 Å². The molecular weight excluding hydrogens is 192 g/mol. The topological polar surface area (TPSA) is 0 Å². The molecule has 0 N–H and O–H groups in total. The van der Waals surface area contributed by atoms with E-state index in [1.807, 2.05) is 0 Å². The molecule has 0 aromatic heterocycles. The number of fused-ring (bicyclic) bond motifs is 4. The van der Waals surface area contributed by atoms with Crippen LogP contribution in [0.25, 0.3) is 0 Å². The molecule has 4 bridgehead atoms. The highest BCUT2D eigenvalue weighted by Crippen LogP contribution is 2.75. The summed E-state index contributed by atoms with van der Waals surface area (Å²) < 4.78 is 0. The molecule has 5 aliphatic rings. The highest BCUT2D eigenvalue weighted by molar-refractivity contribution is 5.36. The van der Waals surface area contributed by atoms with E-state index in [0.29, 0.717) is 0 Å². The van der Waals surface area contributed by atoms with Gasteiger partial charge in [-0.15, -0.1) is 0 Å². The molecule has 3 saturated carbocycles. The Morgan fingerprint density at radius 1 is 1.44 bits per heavy atom. The number of hydrogen-bond acceptors (Lipinski definition) is 0. The zero-order valence-electron chi connectivity index (χ0n) is 10.3. The summed E-state index contributed by atoms with van der Waals surface area (Å²) >= 11 is 0. The molecule has 5 rings (SSSR count). The zero-order chi connectivity index (χ0) is 10.9. The van der Waals surface area contributed by atoms with Gasteiger partial charge in [-0.3, -0.25) is 0 Å². The molecule has 0 aliphatic heterocycles. The van der Waals surface area contributed by atoms with Gasteiger partial charge in [0.15, 0.2) is 0 Å². The van der Waals surface area contributed by atoms with Crippen molar-refractivity contribution >= 4 is 0 Å². The van der Waals surface area contributed by atoms with Gasteiger partial charge >= 0.3 is 0 Å². The van der Waals surface area contributed by atoms with E-state index in [1.165, 1.54) is 44.1 Å². The van der Waals surface area contributed by atoms with Crippen molar-refractivity contribution in [2.45, 2.75) is 45.4 Å². The molecule has 3 fully saturated rings.